The maximum absolute atomic E-state index is 11.2. The van der Waals surface area contributed by atoms with Crippen LogP contribution < -0.4 is 5.32 Å². The third kappa shape index (κ3) is 7.85. The van der Waals surface area contributed by atoms with Crippen LogP contribution in [0.2, 0.25) is 0 Å². The maximum atomic E-state index is 11.2. The molecule has 0 saturated carbocycles. The molecule has 15 heavy (non-hydrogen) atoms. The van der Waals surface area contributed by atoms with E-state index in [4.69, 9.17) is 9.47 Å². The van der Waals surface area contributed by atoms with Crippen LogP contribution in [-0.4, -0.2) is 25.3 Å². The Balaban J connectivity index is 3.56. The lowest BCUT2D eigenvalue weighted by atomic mass is 10.1. The molecule has 0 aromatic rings. The lowest BCUT2D eigenvalue weighted by Crippen LogP contribution is -2.35. The molecule has 1 N–H and O–H groups in total. The first kappa shape index (κ1) is 13.8. The SMILES string of the molecule is C=COCCOC(=O)NC(CC)CCC. The van der Waals surface area contributed by atoms with Crippen LogP contribution in [0.4, 0.5) is 4.79 Å². The van der Waals surface area contributed by atoms with Crippen LogP contribution in [0.1, 0.15) is 33.1 Å². The molecular weight excluding hydrogens is 194 g/mol. The van der Waals surface area contributed by atoms with E-state index in [1.165, 1.54) is 6.26 Å². The Labute approximate surface area is 91.6 Å². The van der Waals surface area contributed by atoms with E-state index in [1.807, 2.05) is 6.92 Å². The quantitative estimate of drug-likeness (QED) is 0.499. The summed E-state index contributed by atoms with van der Waals surface area (Å²) >= 11 is 0. The molecule has 0 spiro atoms. The smallest absolute Gasteiger partial charge is 0.407 e. The highest BCUT2D eigenvalue weighted by Gasteiger charge is 2.09. The van der Waals surface area contributed by atoms with Gasteiger partial charge in [-0.05, 0) is 12.8 Å². The number of nitrogens with one attached hydrogen (secondary N) is 1. The fourth-order valence-electron chi connectivity index (χ4n) is 1.20. The van der Waals surface area contributed by atoms with Gasteiger partial charge in [-0.25, -0.2) is 4.79 Å². The highest BCUT2D eigenvalue weighted by atomic mass is 16.6. The maximum Gasteiger partial charge on any atom is 0.407 e. The normalized spacial score (nSPS) is 11.6. The lowest BCUT2D eigenvalue weighted by molar-refractivity contribution is 0.109. The Bertz CT molecular complexity index is 183. The molecule has 0 fully saturated rings. The van der Waals surface area contributed by atoms with Crippen LogP contribution in [0.5, 0.6) is 0 Å². The van der Waals surface area contributed by atoms with Gasteiger partial charge in [0.1, 0.15) is 13.2 Å². The number of hydrogen-bond donors (Lipinski definition) is 1. The van der Waals surface area contributed by atoms with E-state index >= 15 is 0 Å². The second kappa shape index (κ2) is 9.37. The molecule has 0 aromatic heterocycles. The van der Waals surface area contributed by atoms with Gasteiger partial charge in [0.25, 0.3) is 0 Å². The summed E-state index contributed by atoms with van der Waals surface area (Å²) in [6.07, 6.45) is 3.91. The summed E-state index contributed by atoms with van der Waals surface area (Å²) in [5, 5.41) is 2.80. The first-order valence-corrected chi connectivity index (χ1v) is 5.40. The summed E-state index contributed by atoms with van der Waals surface area (Å²) in [4.78, 5) is 11.2. The van der Waals surface area contributed by atoms with Gasteiger partial charge < -0.3 is 14.8 Å². The number of carbonyl (C=O) groups excluding carboxylic acids is 1. The Morgan fingerprint density at radius 2 is 2.20 bits per heavy atom. The van der Waals surface area contributed by atoms with Gasteiger partial charge in [-0.1, -0.05) is 26.8 Å². The zero-order valence-corrected chi connectivity index (χ0v) is 9.62. The van der Waals surface area contributed by atoms with Gasteiger partial charge >= 0.3 is 6.09 Å². The van der Waals surface area contributed by atoms with Crippen LogP contribution in [0, 0.1) is 0 Å². The van der Waals surface area contributed by atoms with E-state index in [1.54, 1.807) is 0 Å². The van der Waals surface area contributed by atoms with E-state index < -0.39 is 0 Å². The molecule has 0 bridgehead atoms. The largest absolute Gasteiger partial charge is 0.498 e. The highest BCUT2D eigenvalue weighted by molar-refractivity contribution is 5.67. The molecule has 4 nitrogen and oxygen atoms in total. The molecule has 0 aliphatic heterocycles. The number of hydrogen-bond acceptors (Lipinski definition) is 3. The minimum atomic E-state index is -0.372. The molecule has 4 heteroatoms. The molecule has 0 rings (SSSR count). The van der Waals surface area contributed by atoms with Crippen molar-refractivity contribution in [3.63, 3.8) is 0 Å². The molecule has 1 amide bonds. The van der Waals surface area contributed by atoms with Gasteiger partial charge in [-0.3, -0.25) is 0 Å². The second-order valence-electron chi connectivity index (χ2n) is 3.21. The molecule has 0 heterocycles. The molecular formula is C11H21NO3. The average molecular weight is 215 g/mol. The van der Waals surface area contributed by atoms with Crippen molar-refractivity contribution in [3.05, 3.63) is 12.8 Å². The van der Waals surface area contributed by atoms with Gasteiger partial charge in [-0.15, -0.1) is 0 Å². The molecule has 0 saturated heterocycles. The summed E-state index contributed by atoms with van der Waals surface area (Å²) in [7, 11) is 0. The van der Waals surface area contributed by atoms with Crippen molar-refractivity contribution in [2.75, 3.05) is 13.2 Å². The van der Waals surface area contributed by atoms with Gasteiger partial charge in [0.15, 0.2) is 0 Å². The number of alkyl carbamates (subject to hydrolysis) is 1. The van der Waals surface area contributed by atoms with Crippen LogP contribution in [-0.2, 0) is 9.47 Å². The van der Waals surface area contributed by atoms with E-state index in [0.717, 1.165) is 19.3 Å². The zero-order valence-electron chi connectivity index (χ0n) is 9.62. The molecule has 1 unspecified atom stereocenters. The van der Waals surface area contributed by atoms with E-state index in [2.05, 4.69) is 18.8 Å². The molecule has 0 aromatic carbocycles. The Hall–Kier alpha value is -1.19. The van der Waals surface area contributed by atoms with Gasteiger partial charge in [0, 0.05) is 6.04 Å². The van der Waals surface area contributed by atoms with Crippen LogP contribution in [0.3, 0.4) is 0 Å². The molecule has 0 aliphatic carbocycles. The van der Waals surface area contributed by atoms with Crippen LogP contribution in [0.25, 0.3) is 0 Å². The van der Waals surface area contributed by atoms with E-state index in [-0.39, 0.29) is 18.7 Å². The van der Waals surface area contributed by atoms with Crippen molar-refractivity contribution < 1.29 is 14.3 Å². The summed E-state index contributed by atoms with van der Waals surface area (Å²) in [5.41, 5.74) is 0. The summed E-state index contributed by atoms with van der Waals surface area (Å²) in [5.74, 6) is 0. The molecule has 1 atom stereocenters. The fraction of sp³-hybridized carbons (Fsp3) is 0.727. The van der Waals surface area contributed by atoms with Crippen LogP contribution >= 0.6 is 0 Å². The van der Waals surface area contributed by atoms with Crippen molar-refractivity contribution in [2.45, 2.75) is 39.2 Å². The second-order valence-corrected chi connectivity index (χ2v) is 3.21. The fourth-order valence-corrected chi connectivity index (χ4v) is 1.20. The van der Waals surface area contributed by atoms with Crippen molar-refractivity contribution in [2.24, 2.45) is 0 Å². The predicted octanol–water partition coefficient (Wildman–Crippen LogP) is 2.45. The predicted molar refractivity (Wildman–Crippen MR) is 59.6 cm³/mol. The Kier molecular flexibility index (Phi) is 8.63. The lowest BCUT2D eigenvalue weighted by Gasteiger charge is -2.15. The van der Waals surface area contributed by atoms with Gasteiger partial charge in [0.2, 0.25) is 0 Å². The molecule has 0 radical (unpaired) electrons. The number of amides is 1. The summed E-state index contributed by atoms with van der Waals surface area (Å²) in [6.45, 7) is 8.12. The third-order valence-electron chi connectivity index (χ3n) is 2.00. The average Bonchev–Trinajstić information content (AvgIpc) is 2.24. The summed E-state index contributed by atoms with van der Waals surface area (Å²) in [6, 6.07) is 0.211. The van der Waals surface area contributed by atoms with E-state index in [0.29, 0.717) is 6.61 Å². The van der Waals surface area contributed by atoms with Crippen molar-refractivity contribution in [1.29, 1.82) is 0 Å². The first-order valence-electron chi connectivity index (χ1n) is 5.40. The van der Waals surface area contributed by atoms with Crippen molar-refractivity contribution in [1.82, 2.24) is 5.32 Å². The number of carbonyl (C=O) groups is 1. The van der Waals surface area contributed by atoms with Crippen molar-refractivity contribution in [3.8, 4) is 0 Å². The first-order chi connectivity index (χ1) is 7.24. The molecule has 0 aliphatic rings. The monoisotopic (exact) mass is 215 g/mol. The Morgan fingerprint density at radius 3 is 2.73 bits per heavy atom. The van der Waals surface area contributed by atoms with Crippen LogP contribution in [0.15, 0.2) is 12.8 Å². The Morgan fingerprint density at radius 1 is 1.47 bits per heavy atom. The molecule has 88 valence electrons. The number of ether oxygens (including phenoxy) is 2. The highest BCUT2D eigenvalue weighted by Crippen LogP contribution is 2.00. The number of rotatable bonds is 8. The standard InChI is InChI=1S/C11H21NO3/c1-4-7-10(5-2)12-11(13)15-9-8-14-6-3/h6,10H,3-5,7-9H2,1-2H3,(H,12,13). The van der Waals surface area contributed by atoms with Gasteiger partial charge in [0.05, 0.1) is 6.26 Å². The minimum Gasteiger partial charge on any atom is -0.498 e. The van der Waals surface area contributed by atoms with Crippen molar-refractivity contribution >= 4 is 6.09 Å². The minimum absolute atomic E-state index is 0.211. The van der Waals surface area contributed by atoms with Gasteiger partial charge in [-0.2, -0.15) is 0 Å². The van der Waals surface area contributed by atoms with E-state index in [9.17, 15) is 4.79 Å². The summed E-state index contributed by atoms with van der Waals surface area (Å²) < 4.78 is 9.72. The topological polar surface area (TPSA) is 47.6 Å². The zero-order chi connectivity index (χ0) is 11.5. The third-order valence-corrected chi connectivity index (χ3v) is 2.00.